The molecule has 1 unspecified atom stereocenters. The third-order valence-corrected chi connectivity index (χ3v) is 5.48. The number of aromatic nitrogens is 2. The average molecular weight is 355 g/mol. The first-order valence-electron chi connectivity index (χ1n) is 9.27. The van der Waals surface area contributed by atoms with E-state index in [1.165, 1.54) is 0 Å². The quantitative estimate of drug-likeness (QED) is 0.846. The zero-order valence-electron chi connectivity index (χ0n) is 15.4. The van der Waals surface area contributed by atoms with E-state index < -0.39 is 0 Å². The van der Waals surface area contributed by atoms with E-state index in [0.717, 1.165) is 68.2 Å². The molecule has 3 heterocycles. The lowest BCUT2D eigenvalue weighted by atomic mass is 9.90. The van der Waals surface area contributed by atoms with Gasteiger partial charge in [-0.25, -0.2) is 4.98 Å². The highest BCUT2D eigenvalue weighted by molar-refractivity contribution is 5.92. The van der Waals surface area contributed by atoms with Crippen LogP contribution in [0.25, 0.3) is 0 Å². The van der Waals surface area contributed by atoms with Crippen LogP contribution in [0.15, 0.2) is 24.4 Å². The normalized spacial score (nSPS) is 19.3. The van der Waals surface area contributed by atoms with Crippen LogP contribution in [0.5, 0.6) is 11.5 Å². The molecule has 0 radical (unpaired) electrons. The van der Waals surface area contributed by atoms with Crippen LogP contribution in [0, 0.1) is 0 Å². The lowest BCUT2D eigenvalue weighted by Crippen LogP contribution is -2.27. The summed E-state index contributed by atoms with van der Waals surface area (Å²) in [7, 11) is 3.38. The Balaban J connectivity index is 1.57. The standard InChI is InChI=1S/C20H25N3O3/c1-25-15-6-7-18(26-2)16(11-15)14-5-8-19-21-17(13-23(19)12-14)20(24)22-9-3-4-10-22/h6-7,11,13-14H,3-5,8-10,12H2,1-2H3. The maximum Gasteiger partial charge on any atom is 0.274 e. The molecule has 6 heteroatoms. The number of fused-ring (bicyclic) bond motifs is 1. The lowest BCUT2D eigenvalue weighted by Gasteiger charge is -2.25. The molecular formula is C20H25N3O3. The monoisotopic (exact) mass is 355 g/mol. The summed E-state index contributed by atoms with van der Waals surface area (Å²) in [5, 5.41) is 0. The number of amides is 1. The number of carbonyl (C=O) groups excluding carboxylic acids is 1. The van der Waals surface area contributed by atoms with Crippen LogP contribution in [0.3, 0.4) is 0 Å². The number of rotatable bonds is 4. The van der Waals surface area contributed by atoms with E-state index >= 15 is 0 Å². The van der Waals surface area contributed by atoms with Crippen LogP contribution >= 0.6 is 0 Å². The van der Waals surface area contributed by atoms with Crippen molar-refractivity contribution in [2.45, 2.75) is 38.1 Å². The molecule has 1 aromatic heterocycles. The highest BCUT2D eigenvalue weighted by atomic mass is 16.5. The summed E-state index contributed by atoms with van der Waals surface area (Å²) < 4.78 is 13.1. The summed E-state index contributed by atoms with van der Waals surface area (Å²) in [4.78, 5) is 19.1. The van der Waals surface area contributed by atoms with Crippen LogP contribution in [0.4, 0.5) is 0 Å². The molecule has 4 rings (SSSR count). The van der Waals surface area contributed by atoms with Gasteiger partial charge in [0.2, 0.25) is 0 Å². The number of hydrogen-bond acceptors (Lipinski definition) is 4. The molecule has 2 aromatic rings. The average Bonchev–Trinajstić information content (AvgIpc) is 3.36. The molecule has 1 aromatic carbocycles. The smallest absolute Gasteiger partial charge is 0.274 e. The summed E-state index contributed by atoms with van der Waals surface area (Å²) >= 11 is 0. The largest absolute Gasteiger partial charge is 0.497 e. The Morgan fingerprint density at radius 3 is 2.73 bits per heavy atom. The van der Waals surface area contributed by atoms with E-state index in [9.17, 15) is 4.79 Å². The number of nitrogens with zero attached hydrogens (tertiary/aromatic N) is 3. The SMILES string of the molecule is COc1ccc(OC)c(C2CCc3nc(C(=O)N4CCCC4)cn3C2)c1. The van der Waals surface area contributed by atoms with Crippen LogP contribution in [0.2, 0.25) is 0 Å². The first-order valence-corrected chi connectivity index (χ1v) is 9.27. The van der Waals surface area contributed by atoms with E-state index in [1.807, 2.05) is 23.2 Å². The third kappa shape index (κ3) is 3.04. The van der Waals surface area contributed by atoms with Crippen molar-refractivity contribution in [1.29, 1.82) is 0 Å². The van der Waals surface area contributed by atoms with Crippen molar-refractivity contribution in [3.05, 3.63) is 41.5 Å². The number of ether oxygens (including phenoxy) is 2. The fourth-order valence-electron chi connectivity index (χ4n) is 4.04. The van der Waals surface area contributed by atoms with Gasteiger partial charge >= 0.3 is 0 Å². The maximum absolute atomic E-state index is 12.6. The lowest BCUT2D eigenvalue weighted by molar-refractivity contribution is 0.0787. The van der Waals surface area contributed by atoms with Crippen molar-refractivity contribution in [3.63, 3.8) is 0 Å². The second-order valence-electron chi connectivity index (χ2n) is 7.04. The van der Waals surface area contributed by atoms with Crippen LogP contribution in [0.1, 0.15) is 47.1 Å². The van der Waals surface area contributed by atoms with Crippen molar-refractivity contribution < 1.29 is 14.3 Å². The van der Waals surface area contributed by atoms with E-state index in [0.29, 0.717) is 11.6 Å². The fraction of sp³-hybridized carbons (Fsp3) is 0.500. The van der Waals surface area contributed by atoms with Crippen molar-refractivity contribution in [1.82, 2.24) is 14.5 Å². The first-order chi connectivity index (χ1) is 12.7. The molecule has 1 fully saturated rings. The minimum atomic E-state index is 0.0694. The van der Waals surface area contributed by atoms with Gasteiger partial charge in [-0.3, -0.25) is 4.79 Å². The van der Waals surface area contributed by atoms with Gasteiger partial charge in [-0.05, 0) is 37.5 Å². The van der Waals surface area contributed by atoms with Gasteiger partial charge in [-0.15, -0.1) is 0 Å². The summed E-state index contributed by atoms with van der Waals surface area (Å²) in [6, 6.07) is 5.93. The molecule has 2 aliphatic rings. The van der Waals surface area contributed by atoms with Crippen LogP contribution in [-0.2, 0) is 13.0 Å². The van der Waals surface area contributed by atoms with Gasteiger partial charge in [0.25, 0.3) is 5.91 Å². The van der Waals surface area contributed by atoms with E-state index in [2.05, 4.69) is 15.6 Å². The van der Waals surface area contributed by atoms with Gasteiger partial charge in [0.1, 0.15) is 23.0 Å². The minimum absolute atomic E-state index is 0.0694. The topological polar surface area (TPSA) is 56.6 Å². The van der Waals surface area contributed by atoms with Crippen molar-refractivity contribution in [3.8, 4) is 11.5 Å². The number of benzene rings is 1. The van der Waals surface area contributed by atoms with Crippen molar-refractivity contribution in [2.75, 3.05) is 27.3 Å². The highest BCUT2D eigenvalue weighted by Crippen LogP contribution is 2.36. The van der Waals surface area contributed by atoms with E-state index in [4.69, 9.17) is 9.47 Å². The molecule has 0 aliphatic carbocycles. The Hall–Kier alpha value is -2.50. The molecule has 138 valence electrons. The molecular weight excluding hydrogens is 330 g/mol. The number of methoxy groups -OCH3 is 2. The highest BCUT2D eigenvalue weighted by Gasteiger charge is 2.28. The van der Waals surface area contributed by atoms with Crippen LogP contribution < -0.4 is 9.47 Å². The van der Waals surface area contributed by atoms with Gasteiger partial charge < -0.3 is 18.9 Å². The first kappa shape index (κ1) is 16.9. The Morgan fingerprint density at radius 2 is 2.00 bits per heavy atom. The predicted molar refractivity (Wildman–Crippen MR) is 98.0 cm³/mol. The molecule has 0 N–H and O–H groups in total. The zero-order chi connectivity index (χ0) is 18.1. The molecule has 1 atom stereocenters. The number of aryl methyl sites for hydroxylation is 1. The Morgan fingerprint density at radius 1 is 1.19 bits per heavy atom. The summed E-state index contributed by atoms with van der Waals surface area (Å²) in [5.41, 5.74) is 1.73. The van der Waals surface area contributed by atoms with Gasteiger partial charge in [0.15, 0.2) is 0 Å². The van der Waals surface area contributed by atoms with Crippen molar-refractivity contribution in [2.24, 2.45) is 0 Å². The summed E-state index contributed by atoms with van der Waals surface area (Å²) in [6.45, 7) is 2.51. The second kappa shape index (κ2) is 7.02. The van der Waals surface area contributed by atoms with Crippen LogP contribution in [-0.4, -0.2) is 47.7 Å². The molecule has 0 spiro atoms. The zero-order valence-corrected chi connectivity index (χ0v) is 15.4. The van der Waals surface area contributed by atoms with Gasteiger partial charge in [-0.2, -0.15) is 0 Å². The second-order valence-corrected chi connectivity index (χ2v) is 7.04. The number of carbonyl (C=O) groups is 1. The maximum atomic E-state index is 12.6. The van der Waals surface area contributed by atoms with Gasteiger partial charge in [-0.1, -0.05) is 0 Å². The molecule has 0 saturated carbocycles. The Kier molecular flexibility index (Phi) is 4.57. The predicted octanol–water partition coefficient (Wildman–Crippen LogP) is 2.87. The molecule has 26 heavy (non-hydrogen) atoms. The molecule has 1 amide bonds. The fourth-order valence-corrected chi connectivity index (χ4v) is 4.04. The minimum Gasteiger partial charge on any atom is -0.497 e. The number of hydrogen-bond donors (Lipinski definition) is 0. The van der Waals surface area contributed by atoms with E-state index in [1.54, 1.807) is 14.2 Å². The molecule has 2 aliphatic heterocycles. The molecule has 1 saturated heterocycles. The summed E-state index contributed by atoms with van der Waals surface area (Å²) in [5.74, 6) is 3.11. The third-order valence-electron chi connectivity index (χ3n) is 5.48. The Bertz CT molecular complexity index is 809. The summed E-state index contributed by atoms with van der Waals surface area (Å²) in [6.07, 6.45) is 5.96. The Labute approximate surface area is 153 Å². The van der Waals surface area contributed by atoms with Crippen molar-refractivity contribution >= 4 is 5.91 Å². The van der Waals surface area contributed by atoms with E-state index in [-0.39, 0.29) is 5.91 Å². The molecule has 6 nitrogen and oxygen atoms in total. The van der Waals surface area contributed by atoms with Gasteiger partial charge in [0.05, 0.1) is 14.2 Å². The molecule has 0 bridgehead atoms. The van der Waals surface area contributed by atoms with Gasteiger partial charge in [0, 0.05) is 43.7 Å². The number of likely N-dealkylation sites (tertiary alicyclic amines) is 1. The number of imidazole rings is 1.